The first-order valence-corrected chi connectivity index (χ1v) is 11.3. The molecular weight excluding hydrogens is 410 g/mol. The van der Waals surface area contributed by atoms with Gasteiger partial charge in [-0.05, 0) is 44.0 Å². The van der Waals surface area contributed by atoms with Gasteiger partial charge in [0.25, 0.3) is 0 Å². The standard InChI is InChI=1S/C20H27N3O6S/c1-14-11-17(29-22-14)12-20(25)23-9-7-15(19(24)8-10-23)13-21-30(26,27)18-5-3-16(28-2)4-6-18/h3-6,11,15,19,21,24H,7-10,12-13H2,1-2H3/t15-,19-/m1/s1. The molecule has 2 aromatic rings. The number of aromatic nitrogens is 1. The summed E-state index contributed by atoms with van der Waals surface area (Å²) in [5.74, 6) is 0.686. The van der Waals surface area contributed by atoms with Gasteiger partial charge in [0.2, 0.25) is 15.9 Å². The number of aliphatic hydroxyl groups is 1. The minimum atomic E-state index is -3.70. The smallest absolute Gasteiger partial charge is 0.240 e. The molecule has 1 aliphatic heterocycles. The third-order valence-corrected chi connectivity index (χ3v) is 6.71. The lowest BCUT2D eigenvalue weighted by Gasteiger charge is -2.20. The largest absolute Gasteiger partial charge is 0.497 e. The van der Waals surface area contributed by atoms with E-state index in [4.69, 9.17) is 9.26 Å². The predicted octanol–water partition coefficient (Wildman–Crippen LogP) is 1.11. The Hall–Kier alpha value is -2.43. The molecule has 10 heteroatoms. The SMILES string of the molecule is COc1ccc(S(=O)(=O)NC[C@H]2CCN(C(=O)Cc3cc(C)no3)CC[C@H]2O)cc1. The van der Waals surface area contributed by atoms with Crippen molar-refractivity contribution in [3.63, 3.8) is 0 Å². The fourth-order valence-electron chi connectivity index (χ4n) is 3.45. The molecule has 30 heavy (non-hydrogen) atoms. The molecular formula is C20H27N3O6S. The van der Waals surface area contributed by atoms with Crippen LogP contribution in [-0.4, -0.2) is 62.3 Å². The highest BCUT2D eigenvalue weighted by molar-refractivity contribution is 7.89. The molecule has 1 aromatic carbocycles. The van der Waals surface area contributed by atoms with E-state index in [-0.39, 0.29) is 29.7 Å². The van der Waals surface area contributed by atoms with Crippen LogP contribution in [-0.2, 0) is 21.2 Å². The van der Waals surface area contributed by atoms with Gasteiger partial charge in [0, 0.05) is 31.6 Å². The van der Waals surface area contributed by atoms with Gasteiger partial charge >= 0.3 is 0 Å². The number of carbonyl (C=O) groups is 1. The van der Waals surface area contributed by atoms with E-state index in [1.807, 2.05) is 0 Å². The number of likely N-dealkylation sites (tertiary alicyclic amines) is 1. The van der Waals surface area contributed by atoms with Crippen LogP contribution in [0.2, 0.25) is 0 Å². The summed E-state index contributed by atoms with van der Waals surface area (Å²) in [6, 6.07) is 7.82. The number of aliphatic hydroxyl groups excluding tert-OH is 1. The van der Waals surface area contributed by atoms with Crippen LogP contribution >= 0.6 is 0 Å². The number of hydrogen-bond donors (Lipinski definition) is 2. The van der Waals surface area contributed by atoms with E-state index in [2.05, 4.69) is 9.88 Å². The van der Waals surface area contributed by atoms with Crippen LogP contribution in [0, 0.1) is 12.8 Å². The van der Waals surface area contributed by atoms with Crippen molar-refractivity contribution < 1.29 is 27.6 Å². The molecule has 0 spiro atoms. The van der Waals surface area contributed by atoms with Crippen molar-refractivity contribution >= 4 is 15.9 Å². The monoisotopic (exact) mass is 437 g/mol. The Balaban J connectivity index is 1.56. The average molecular weight is 438 g/mol. The van der Waals surface area contributed by atoms with E-state index in [9.17, 15) is 18.3 Å². The molecule has 1 aromatic heterocycles. The lowest BCUT2D eigenvalue weighted by molar-refractivity contribution is -0.130. The Morgan fingerprint density at radius 2 is 2.00 bits per heavy atom. The summed E-state index contributed by atoms with van der Waals surface area (Å²) in [7, 11) is -2.20. The van der Waals surface area contributed by atoms with Crippen LogP contribution in [0.4, 0.5) is 0 Å². The van der Waals surface area contributed by atoms with E-state index in [0.717, 1.165) is 0 Å². The number of aryl methyl sites for hydroxylation is 1. The second-order valence-electron chi connectivity index (χ2n) is 7.42. The molecule has 164 valence electrons. The topological polar surface area (TPSA) is 122 Å². The van der Waals surface area contributed by atoms with Gasteiger partial charge in [-0.25, -0.2) is 13.1 Å². The van der Waals surface area contributed by atoms with Crippen LogP contribution in [0.15, 0.2) is 39.8 Å². The number of ether oxygens (including phenoxy) is 1. The van der Waals surface area contributed by atoms with Crippen LogP contribution < -0.4 is 9.46 Å². The molecule has 1 amide bonds. The molecule has 0 bridgehead atoms. The lowest BCUT2D eigenvalue weighted by Crippen LogP contribution is -2.35. The molecule has 2 N–H and O–H groups in total. The fraction of sp³-hybridized carbons (Fsp3) is 0.500. The summed E-state index contributed by atoms with van der Waals surface area (Å²) in [4.78, 5) is 14.3. The fourth-order valence-corrected chi connectivity index (χ4v) is 4.55. The number of nitrogens with zero attached hydrogens (tertiary/aromatic N) is 2. The Bertz CT molecular complexity index is 957. The molecule has 9 nitrogen and oxygen atoms in total. The zero-order valence-electron chi connectivity index (χ0n) is 17.1. The number of benzene rings is 1. The van der Waals surface area contributed by atoms with Crippen LogP contribution in [0.3, 0.4) is 0 Å². The molecule has 1 saturated heterocycles. The maximum absolute atomic E-state index is 12.5. The number of rotatable bonds is 7. The minimum Gasteiger partial charge on any atom is -0.497 e. The maximum atomic E-state index is 12.5. The molecule has 2 heterocycles. The second-order valence-corrected chi connectivity index (χ2v) is 9.19. The summed E-state index contributed by atoms with van der Waals surface area (Å²) in [6.07, 6.45) is 0.295. The summed E-state index contributed by atoms with van der Waals surface area (Å²) >= 11 is 0. The van der Waals surface area contributed by atoms with Crippen molar-refractivity contribution in [3.05, 3.63) is 41.8 Å². The van der Waals surface area contributed by atoms with E-state index in [1.165, 1.54) is 19.2 Å². The zero-order chi connectivity index (χ0) is 21.7. The normalized spacial score (nSPS) is 20.0. The third kappa shape index (κ3) is 5.59. The average Bonchev–Trinajstić information content (AvgIpc) is 3.03. The summed E-state index contributed by atoms with van der Waals surface area (Å²) < 4.78 is 37.8. The number of sulfonamides is 1. The summed E-state index contributed by atoms with van der Waals surface area (Å²) in [6.45, 7) is 2.74. The van der Waals surface area contributed by atoms with Crippen molar-refractivity contribution in [1.29, 1.82) is 0 Å². The van der Waals surface area contributed by atoms with Crippen molar-refractivity contribution in [2.75, 3.05) is 26.7 Å². The van der Waals surface area contributed by atoms with Crippen LogP contribution in [0.25, 0.3) is 0 Å². The van der Waals surface area contributed by atoms with Gasteiger partial charge in [-0.1, -0.05) is 5.16 Å². The van der Waals surface area contributed by atoms with Crippen LogP contribution in [0.5, 0.6) is 5.75 Å². The third-order valence-electron chi connectivity index (χ3n) is 5.27. The van der Waals surface area contributed by atoms with Crippen molar-refractivity contribution in [1.82, 2.24) is 14.8 Å². The molecule has 3 rings (SSSR count). The highest BCUT2D eigenvalue weighted by Crippen LogP contribution is 2.20. The molecule has 2 atom stereocenters. The molecule has 0 saturated carbocycles. The molecule has 1 aliphatic rings. The van der Waals surface area contributed by atoms with Crippen molar-refractivity contribution in [3.8, 4) is 5.75 Å². The Morgan fingerprint density at radius 1 is 1.30 bits per heavy atom. The summed E-state index contributed by atoms with van der Waals surface area (Å²) in [5, 5.41) is 14.2. The van der Waals surface area contributed by atoms with Crippen molar-refractivity contribution in [2.45, 2.75) is 37.2 Å². The Morgan fingerprint density at radius 3 is 2.63 bits per heavy atom. The number of methoxy groups -OCH3 is 1. The van der Waals surface area contributed by atoms with Gasteiger partial charge in [0.05, 0.1) is 30.2 Å². The first kappa shape index (κ1) is 22.3. The van der Waals surface area contributed by atoms with Crippen molar-refractivity contribution in [2.24, 2.45) is 5.92 Å². The number of nitrogens with one attached hydrogen (secondary N) is 1. The van der Waals surface area contributed by atoms with Gasteiger partial charge < -0.3 is 19.3 Å². The second kappa shape index (κ2) is 9.59. The maximum Gasteiger partial charge on any atom is 0.240 e. The zero-order valence-corrected chi connectivity index (χ0v) is 17.9. The van der Waals surface area contributed by atoms with E-state index in [0.29, 0.717) is 43.1 Å². The van der Waals surface area contributed by atoms with E-state index < -0.39 is 16.1 Å². The predicted molar refractivity (Wildman–Crippen MR) is 108 cm³/mol. The highest BCUT2D eigenvalue weighted by atomic mass is 32.2. The van der Waals surface area contributed by atoms with Gasteiger partial charge in [-0.3, -0.25) is 4.79 Å². The van der Waals surface area contributed by atoms with E-state index in [1.54, 1.807) is 30.0 Å². The van der Waals surface area contributed by atoms with Gasteiger partial charge in [0.1, 0.15) is 11.5 Å². The molecule has 0 unspecified atom stereocenters. The van der Waals surface area contributed by atoms with Gasteiger partial charge in [0.15, 0.2) is 0 Å². The first-order chi connectivity index (χ1) is 14.3. The highest BCUT2D eigenvalue weighted by Gasteiger charge is 2.28. The quantitative estimate of drug-likeness (QED) is 0.665. The van der Waals surface area contributed by atoms with Gasteiger partial charge in [-0.2, -0.15) is 0 Å². The minimum absolute atomic E-state index is 0.0961. The molecule has 1 fully saturated rings. The number of carbonyl (C=O) groups excluding carboxylic acids is 1. The van der Waals surface area contributed by atoms with Gasteiger partial charge in [-0.15, -0.1) is 0 Å². The Kier molecular flexibility index (Phi) is 7.11. The lowest BCUT2D eigenvalue weighted by atomic mass is 9.98. The first-order valence-electron chi connectivity index (χ1n) is 9.80. The molecule has 0 radical (unpaired) electrons. The van der Waals surface area contributed by atoms with Crippen LogP contribution in [0.1, 0.15) is 24.3 Å². The number of hydrogen-bond acceptors (Lipinski definition) is 7. The molecule has 0 aliphatic carbocycles. The number of amides is 1. The summed E-state index contributed by atoms with van der Waals surface area (Å²) in [5.41, 5.74) is 0.716. The Labute approximate surface area is 176 Å². The van der Waals surface area contributed by atoms with E-state index >= 15 is 0 Å².